The topological polar surface area (TPSA) is 18.5 Å². The van der Waals surface area contributed by atoms with Gasteiger partial charge in [-0.2, -0.15) is 0 Å². The predicted octanol–water partition coefficient (Wildman–Crippen LogP) is 7.42. The summed E-state index contributed by atoms with van der Waals surface area (Å²) in [6.07, 6.45) is 7.82. The summed E-state index contributed by atoms with van der Waals surface area (Å²) >= 11 is 3.48. The first kappa shape index (κ1) is 21.2. The van der Waals surface area contributed by atoms with Crippen LogP contribution in [-0.4, -0.2) is 5.33 Å². The summed E-state index contributed by atoms with van der Waals surface area (Å²) in [5, 5.41) is 1.06. The Morgan fingerprint density at radius 1 is 0.690 bits per heavy atom. The number of alkyl halides is 1. The molecule has 0 aliphatic heterocycles. The first-order chi connectivity index (χ1) is 14.3. The standard InChI is InChI=1S/C26H27BrO2/c27-16-10-2-1-5-15-24-17-25(28-20-22-11-6-3-7-12-22)19-26(18-24)29-21-23-13-8-4-9-14-23/h3-9,11-15,17-19H,1-2,10,16,20-21H2. The van der Waals surface area contributed by atoms with Gasteiger partial charge in [-0.15, -0.1) is 0 Å². The molecule has 0 fully saturated rings. The van der Waals surface area contributed by atoms with Crippen molar-refractivity contribution >= 4 is 22.0 Å². The molecule has 0 spiro atoms. The van der Waals surface area contributed by atoms with Crippen molar-refractivity contribution in [3.05, 3.63) is 102 Å². The van der Waals surface area contributed by atoms with Crippen LogP contribution < -0.4 is 9.47 Å². The van der Waals surface area contributed by atoms with Crippen LogP contribution in [0.25, 0.3) is 6.08 Å². The molecule has 3 rings (SSSR count). The van der Waals surface area contributed by atoms with E-state index in [0.717, 1.165) is 39.9 Å². The molecule has 150 valence electrons. The van der Waals surface area contributed by atoms with E-state index in [4.69, 9.17) is 9.47 Å². The van der Waals surface area contributed by atoms with Crippen LogP contribution >= 0.6 is 15.9 Å². The van der Waals surface area contributed by atoms with Crippen LogP contribution in [0.3, 0.4) is 0 Å². The Morgan fingerprint density at radius 3 is 1.76 bits per heavy atom. The maximum Gasteiger partial charge on any atom is 0.124 e. The van der Waals surface area contributed by atoms with Gasteiger partial charge in [0.2, 0.25) is 0 Å². The maximum absolute atomic E-state index is 6.05. The van der Waals surface area contributed by atoms with E-state index in [0.29, 0.717) is 13.2 Å². The van der Waals surface area contributed by atoms with E-state index in [9.17, 15) is 0 Å². The highest BCUT2D eigenvalue weighted by atomic mass is 79.9. The number of hydrogen-bond donors (Lipinski definition) is 0. The summed E-state index contributed by atoms with van der Waals surface area (Å²) in [4.78, 5) is 0. The van der Waals surface area contributed by atoms with Gasteiger partial charge >= 0.3 is 0 Å². The lowest BCUT2D eigenvalue weighted by Gasteiger charge is -2.12. The lowest BCUT2D eigenvalue weighted by Crippen LogP contribution is -1.98. The Labute approximate surface area is 182 Å². The molecule has 0 unspecified atom stereocenters. The number of benzene rings is 3. The Kier molecular flexibility index (Phi) is 8.87. The number of halogens is 1. The van der Waals surface area contributed by atoms with Crippen LogP contribution in [0, 0.1) is 0 Å². The summed E-state index contributed by atoms with van der Waals surface area (Å²) in [6.45, 7) is 1.08. The van der Waals surface area contributed by atoms with Gasteiger partial charge in [0.05, 0.1) is 0 Å². The van der Waals surface area contributed by atoms with Gasteiger partial charge in [-0.3, -0.25) is 0 Å². The minimum Gasteiger partial charge on any atom is -0.489 e. The van der Waals surface area contributed by atoms with Gasteiger partial charge in [-0.05, 0) is 48.1 Å². The number of unbranched alkanes of at least 4 members (excludes halogenated alkanes) is 2. The third-order valence-electron chi connectivity index (χ3n) is 4.46. The zero-order valence-corrected chi connectivity index (χ0v) is 18.2. The Bertz CT molecular complexity index is 814. The fourth-order valence-electron chi connectivity index (χ4n) is 2.91. The highest BCUT2D eigenvalue weighted by molar-refractivity contribution is 9.09. The van der Waals surface area contributed by atoms with Gasteiger partial charge in [-0.1, -0.05) is 88.7 Å². The molecule has 0 atom stereocenters. The van der Waals surface area contributed by atoms with E-state index in [-0.39, 0.29) is 0 Å². The molecule has 3 heteroatoms. The van der Waals surface area contributed by atoms with Gasteiger partial charge in [0, 0.05) is 11.4 Å². The quantitative estimate of drug-likeness (QED) is 0.223. The lowest BCUT2D eigenvalue weighted by atomic mass is 10.1. The maximum atomic E-state index is 6.05. The highest BCUT2D eigenvalue weighted by Crippen LogP contribution is 2.26. The monoisotopic (exact) mass is 450 g/mol. The average molecular weight is 451 g/mol. The second kappa shape index (κ2) is 12.1. The van der Waals surface area contributed by atoms with Crippen molar-refractivity contribution in [3.8, 4) is 11.5 Å². The molecule has 0 saturated carbocycles. The van der Waals surface area contributed by atoms with E-state index in [1.54, 1.807) is 0 Å². The Morgan fingerprint density at radius 2 is 1.24 bits per heavy atom. The molecule has 2 nitrogen and oxygen atoms in total. The van der Waals surface area contributed by atoms with Crippen molar-refractivity contribution in [2.45, 2.75) is 32.5 Å². The molecule has 0 N–H and O–H groups in total. The lowest BCUT2D eigenvalue weighted by molar-refractivity contribution is 0.290. The molecule has 0 amide bonds. The van der Waals surface area contributed by atoms with Crippen LogP contribution in [0.2, 0.25) is 0 Å². The van der Waals surface area contributed by atoms with Crippen molar-refractivity contribution in [1.82, 2.24) is 0 Å². The van der Waals surface area contributed by atoms with E-state index >= 15 is 0 Å². The fourth-order valence-corrected chi connectivity index (χ4v) is 3.31. The first-order valence-electron chi connectivity index (χ1n) is 10.0. The van der Waals surface area contributed by atoms with E-state index in [2.05, 4.69) is 64.5 Å². The van der Waals surface area contributed by atoms with E-state index < -0.39 is 0 Å². The third kappa shape index (κ3) is 7.78. The summed E-state index contributed by atoms with van der Waals surface area (Å²) in [5.74, 6) is 1.64. The molecule has 29 heavy (non-hydrogen) atoms. The van der Waals surface area contributed by atoms with Gasteiger partial charge < -0.3 is 9.47 Å². The molecule has 0 saturated heterocycles. The minimum absolute atomic E-state index is 0.539. The SMILES string of the molecule is BrCCCCC=Cc1cc(OCc2ccccc2)cc(OCc2ccccc2)c1. The van der Waals surface area contributed by atoms with Crippen molar-refractivity contribution in [1.29, 1.82) is 0 Å². The number of rotatable bonds is 11. The zero-order valence-electron chi connectivity index (χ0n) is 16.6. The van der Waals surface area contributed by atoms with Crippen LogP contribution in [0.15, 0.2) is 84.9 Å². The molecule has 0 bridgehead atoms. The number of ether oxygens (including phenoxy) is 2. The molecule has 0 aromatic heterocycles. The molecule has 3 aromatic carbocycles. The average Bonchev–Trinajstić information content (AvgIpc) is 2.77. The molecule has 0 aliphatic carbocycles. The normalized spacial score (nSPS) is 10.9. The smallest absolute Gasteiger partial charge is 0.124 e. The number of allylic oxidation sites excluding steroid dienone is 1. The molecule has 3 aromatic rings. The Hall–Kier alpha value is -2.52. The van der Waals surface area contributed by atoms with Crippen LogP contribution in [0.1, 0.15) is 36.0 Å². The minimum atomic E-state index is 0.539. The molecular weight excluding hydrogens is 424 g/mol. The van der Waals surface area contributed by atoms with Crippen LogP contribution in [0.4, 0.5) is 0 Å². The van der Waals surface area contributed by atoms with Crippen LogP contribution in [0.5, 0.6) is 11.5 Å². The second-order valence-electron chi connectivity index (χ2n) is 6.87. The predicted molar refractivity (Wildman–Crippen MR) is 125 cm³/mol. The first-order valence-corrected chi connectivity index (χ1v) is 11.2. The third-order valence-corrected chi connectivity index (χ3v) is 5.02. The van der Waals surface area contributed by atoms with Crippen molar-refractivity contribution < 1.29 is 9.47 Å². The molecule has 0 heterocycles. The second-order valence-corrected chi connectivity index (χ2v) is 7.67. The number of hydrogen-bond acceptors (Lipinski definition) is 2. The van der Waals surface area contributed by atoms with Crippen molar-refractivity contribution in [2.24, 2.45) is 0 Å². The van der Waals surface area contributed by atoms with Gasteiger partial charge in [0.15, 0.2) is 0 Å². The van der Waals surface area contributed by atoms with E-state index in [1.807, 2.05) is 42.5 Å². The van der Waals surface area contributed by atoms with Gasteiger partial charge in [0.25, 0.3) is 0 Å². The summed E-state index contributed by atoms with van der Waals surface area (Å²) in [5.41, 5.74) is 3.39. The fraction of sp³-hybridized carbons (Fsp3) is 0.231. The van der Waals surface area contributed by atoms with Crippen molar-refractivity contribution in [3.63, 3.8) is 0 Å². The highest BCUT2D eigenvalue weighted by Gasteiger charge is 2.04. The molecular formula is C26H27BrO2. The Balaban J connectivity index is 1.69. The van der Waals surface area contributed by atoms with Crippen molar-refractivity contribution in [2.75, 3.05) is 5.33 Å². The largest absolute Gasteiger partial charge is 0.489 e. The van der Waals surface area contributed by atoms with E-state index in [1.165, 1.54) is 12.8 Å². The van der Waals surface area contributed by atoms with Gasteiger partial charge in [0.1, 0.15) is 24.7 Å². The zero-order chi connectivity index (χ0) is 20.2. The summed E-state index contributed by atoms with van der Waals surface area (Å²) in [6, 6.07) is 26.5. The molecule has 0 radical (unpaired) electrons. The summed E-state index contributed by atoms with van der Waals surface area (Å²) < 4.78 is 12.1. The molecule has 0 aliphatic rings. The van der Waals surface area contributed by atoms with Gasteiger partial charge in [-0.25, -0.2) is 0 Å². The van der Waals surface area contributed by atoms with Crippen LogP contribution in [-0.2, 0) is 13.2 Å². The summed E-state index contributed by atoms with van der Waals surface area (Å²) in [7, 11) is 0.